The molecule has 0 fully saturated rings. The van der Waals surface area contributed by atoms with Crippen molar-refractivity contribution < 1.29 is 14.0 Å². The van der Waals surface area contributed by atoms with Gasteiger partial charge in [-0.1, -0.05) is 0 Å². The van der Waals surface area contributed by atoms with E-state index in [4.69, 9.17) is 4.42 Å². The largest absolute Gasteiger partial charge is 0.459 e. The molecule has 0 bridgehead atoms. The lowest BCUT2D eigenvalue weighted by Crippen LogP contribution is -2.11. The maximum Gasteiger partial charge on any atom is 0.291 e. The van der Waals surface area contributed by atoms with Gasteiger partial charge in [-0.2, -0.15) is 0 Å². The number of furan rings is 1. The summed E-state index contributed by atoms with van der Waals surface area (Å²) in [5.41, 5.74) is 1.77. The third-order valence-electron chi connectivity index (χ3n) is 3.45. The van der Waals surface area contributed by atoms with Crippen LogP contribution in [0, 0.1) is 0 Å². The number of benzene rings is 1. The molecule has 0 aliphatic carbocycles. The third kappa shape index (κ3) is 4.07. The van der Waals surface area contributed by atoms with Crippen LogP contribution in [0.5, 0.6) is 0 Å². The molecule has 0 atom stereocenters. The Morgan fingerprint density at radius 1 is 0.960 bits per heavy atom. The summed E-state index contributed by atoms with van der Waals surface area (Å²) in [4.78, 5) is 26.7. The number of thiophene rings is 1. The first-order valence-electron chi connectivity index (χ1n) is 7.56. The van der Waals surface area contributed by atoms with Crippen molar-refractivity contribution in [3.05, 3.63) is 65.4 Å². The van der Waals surface area contributed by atoms with Crippen LogP contribution in [-0.4, -0.2) is 25.9 Å². The van der Waals surface area contributed by atoms with Crippen molar-refractivity contribution in [3.63, 3.8) is 0 Å². The highest BCUT2D eigenvalue weighted by Gasteiger charge is 2.13. The van der Waals surface area contributed by atoms with Crippen LogP contribution in [0.2, 0.25) is 0 Å². The van der Waals surface area contributed by atoms with Gasteiger partial charge in [0.05, 0.1) is 16.1 Å². The Kier molecular flexibility index (Phi) is 4.85. The number of carbonyl (C=O) groups excluding carboxylic acids is 2. The molecule has 0 radical (unpaired) electrons. The van der Waals surface area contributed by atoms with E-state index in [0.29, 0.717) is 15.6 Å². The van der Waals surface area contributed by atoms with Crippen LogP contribution >= 0.6 is 11.3 Å². The van der Waals surface area contributed by atoms with Gasteiger partial charge in [0.2, 0.25) is 0 Å². The fourth-order valence-corrected chi connectivity index (χ4v) is 2.94. The quantitative estimate of drug-likeness (QED) is 0.728. The van der Waals surface area contributed by atoms with Gasteiger partial charge >= 0.3 is 0 Å². The zero-order valence-corrected chi connectivity index (χ0v) is 14.6. The van der Waals surface area contributed by atoms with E-state index < -0.39 is 0 Å². The highest BCUT2D eigenvalue weighted by Crippen LogP contribution is 2.24. The van der Waals surface area contributed by atoms with E-state index in [9.17, 15) is 9.59 Å². The first-order chi connectivity index (χ1) is 12.0. The topological polar surface area (TPSA) is 74.6 Å². The summed E-state index contributed by atoms with van der Waals surface area (Å²) in [5, 5.41) is 6.12. The van der Waals surface area contributed by atoms with Gasteiger partial charge in [-0.25, -0.2) is 0 Å². The Morgan fingerprint density at radius 3 is 2.36 bits per heavy atom. The molecule has 0 aliphatic rings. The molecule has 128 valence electrons. The summed E-state index contributed by atoms with van der Waals surface area (Å²) in [6.45, 7) is 0. The lowest BCUT2D eigenvalue weighted by Gasteiger charge is -2.12. The van der Waals surface area contributed by atoms with Crippen molar-refractivity contribution in [2.45, 2.75) is 0 Å². The van der Waals surface area contributed by atoms with E-state index in [1.807, 2.05) is 43.3 Å². The SMILES string of the molecule is CN(C)c1ccc(NC(=O)c2ccc(NC(=O)c3ccco3)s2)cc1. The van der Waals surface area contributed by atoms with Crippen molar-refractivity contribution in [3.8, 4) is 0 Å². The van der Waals surface area contributed by atoms with E-state index in [1.165, 1.54) is 17.6 Å². The van der Waals surface area contributed by atoms with Crippen molar-refractivity contribution in [2.75, 3.05) is 29.6 Å². The Labute approximate surface area is 149 Å². The summed E-state index contributed by atoms with van der Waals surface area (Å²) in [6.07, 6.45) is 1.43. The van der Waals surface area contributed by atoms with Gasteiger partial charge in [0.1, 0.15) is 0 Å². The van der Waals surface area contributed by atoms with Crippen LogP contribution < -0.4 is 15.5 Å². The molecule has 2 amide bonds. The van der Waals surface area contributed by atoms with Crippen LogP contribution in [0.4, 0.5) is 16.4 Å². The predicted octanol–water partition coefficient (Wildman–Crippen LogP) is 3.91. The Hall–Kier alpha value is -3.06. The molecule has 0 saturated carbocycles. The molecule has 1 aromatic carbocycles. The fourth-order valence-electron chi connectivity index (χ4n) is 2.14. The number of amides is 2. The van der Waals surface area contributed by atoms with Crippen molar-refractivity contribution >= 4 is 39.5 Å². The molecule has 2 aromatic heterocycles. The predicted molar refractivity (Wildman–Crippen MR) is 99.7 cm³/mol. The molecule has 2 N–H and O–H groups in total. The fraction of sp³-hybridized carbons (Fsp3) is 0.111. The average molecular weight is 355 g/mol. The summed E-state index contributed by atoms with van der Waals surface area (Å²) in [5.74, 6) is -0.348. The van der Waals surface area contributed by atoms with Gasteiger partial charge in [0, 0.05) is 25.5 Å². The second kappa shape index (κ2) is 7.23. The van der Waals surface area contributed by atoms with Crippen LogP contribution in [-0.2, 0) is 0 Å². The summed E-state index contributed by atoms with van der Waals surface area (Å²) < 4.78 is 5.04. The molecule has 6 nitrogen and oxygen atoms in total. The van der Waals surface area contributed by atoms with Gasteiger partial charge in [-0.05, 0) is 48.5 Å². The van der Waals surface area contributed by atoms with E-state index in [0.717, 1.165) is 5.69 Å². The third-order valence-corrected chi connectivity index (χ3v) is 4.45. The minimum absolute atomic E-state index is 0.221. The van der Waals surface area contributed by atoms with Crippen LogP contribution in [0.1, 0.15) is 20.2 Å². The second-order valence-corrected chi connectivity index (χ2v) is 6.57. The molecule has 0 aliphatic heterocycles. The standard InChI is InChI=1S/C18H17N3O3S/c1-21(2)13-7-5-12(6-8-13)19-18(23)15-9-10-16(25-15)20-17(22)14-4-3-11-24-14/h3-11H,1-2H3,(H,19,23)(H,20,22). The zero-order chi connectivity index (χ0) is 17.8. The average Bonchev–Trinajstić information content (AvgIpc) is 3.27. The van der Waals surface area contributed by atoms with E-state index in [1.54, 1.807) is 24.3 Å². The molecule has 2 heterocycles. The molecule has 3 aromatic rings. The maximum atomic E-state index is 12.3. The highest BCUT2D eigenvalue weighted by atomic mass is 32.1. The van der Waals surface area contributed by atoms with Crippen LogP contribution in [0.25, 0.3) is 0 Å². The van der Waals surface area contributed by atoms with Crippen molar-refractivity contribution in [2.24, 2.45) is 0 Å². The molecular weight excluding hydrogens is 338 g/mol. The lowest BCUT2D eigenvalue weighted by molar-refractivity contribution is 0.0995. The summed E-state index contributed by atoms with van der Waals surface area (Å²) in [7, 11) is 3.91. The Balaban J connectivity index is 1.63. The Morgan fingerprint density at radius 2 is 1.72 bits per heavy atom. The smallest absolute Gasteiger partial charge is 0.291 e. The molecule has 7 heteroatoms. The number of carbonyl (C=O) groups is 2. The van der Waals surface area contributed by atoms with Gasteiger partial charge in [0.15, 0.2) is 5.76 Å². The first-order valence-corrected chi connectivity index (χ1v) is 8.38. The number of nitrogens with zero attached hydrogens (tertiary/aromatic N) is 1. The highest BCUT2D eigenvalue weighted by molar-refractivity contribution is 7.18. The maximum absolute atomic E-state index is 12.3. The molecule has 0 unspecified atom stereocenters. The van der Waals surface area contributed by atoms with E-state index in [2.05, 4.69) is 10.6 Å². The molecule has 3 rings (SSSR count). The summed E-state index contributed by atoms with van der Waals surface area (Å²) >= 11 is 1.20. The monoisotopic (exact) mass is 355 g/mol. The minimum Gasteiger partial charge on any atom is -0.459 e. The van der Waals surface area contributed by atoms with Gasteiger partial charge < -0.3 is 20.0 Å². The minimum atomic E-state index is -0.349. The Bertz CT molecular complexity index is 867. The van der Waals surface area contributed by atoms with Crippen LogP contribution in [0.3, 0.4) is 0 Å². The van der Waals surface area contributed by atoms with Crippen molar-refractivity contribution in [1.82, 2.24) is 0 Å². The first kappa shape index (κ1) is 16.8. The van der Waals surface area contributed by atoms with Gasteiger partial charge in [-0.15, -0.1) is 11.3 Å². The molecule has 0 spiro atoms. The van der Waals surface area contributed by atoms with Crippen molar-refractivity contribution in [1.29, 1.82) is 0 Å². The molecular formula is C18H17N3O3S. The number of nitrogens with one attached hydrogen (secondary N) is 2. The van der Waals surface area contributed by atoms with Gasteiger partial charge in [-0.3, -0.25) is 9.59 Å². The number of hydrogen-bond donors (Lipinski definition) is 2. The normalized spacial score (nSPS) is 10.3. The second-order valence-electron chi connectivity index (χ2n) is 5.49. The number of rotatable bonds is 5. The number of anilines is 3. The zero-order valence-electron chi connectivity index (χ0n) is 13.8. The molecule has 25 heavy (non-hydrogen) atoms. The van der Waals surface area contributed by atoms with Crippen LogP contribution in [0.15, 0.2) is 59.2 Å². The van der Waals surface area contributed by atoms with Gasteiger partial charge in [0.25, 0.3) is 11.8 Å². The number of hydrogen-bond acceptors (Lipinski definition) is 5. The van der Waals surface area contributed by atoms with E-state index >= 15 is 0 Å². The van der Waals surface area contributed by atoms with E-state index in [-0.39, 0.29) is 17.6 Å². The molecule has 0 saturated heterocycles. The lowest BCUT2D eigenvalue weighted by atomic mass is 10.2. The summed E-state index contributed by atoms with van der Waals surface area (Å²) in [6, 6.07) is 14.1.